The summed E-state index contributed by atoms with van der Waals surface area (Å²) in [4.78, 5) is 4.79. The number of rotatable bonds is 2. The van der Waals surface area contributed by atoms with Gasteiger partial charge in [0.1, 0.15) is 5.52 Å². The SMILES string of the molecule is CCc1cccc2c1cnc(-c1cc(C)cc(C)c1C)[n+]2C. The summed E-state index contributed by atoms with van der Waals surface area (Å²) in [7, 11) is 2.11. The largest absolute Gasteiger partial charge is 0.330 e. The number of hydrogen-bond acceptors (Lipinski definition) is 1. The van der Waals surface area contributed by atoms with E-state index in [9.17, 15) is 0 Å². The van der Waals surface area contributed by atoms with E-state index in [0.29, 0.717) is 0 Å². The Morgan fingerprint density at radius 3 is 2.59 bits per heavy atom. The summed E-state index contributed by atoms with van der Waals surface area (Å²) in [5.41, 5.74) is 7.72. The first-order valence-corrected chi connectivity index (χ1v) is 7.87. The molecule has 0 unspecified atom stereocenters. The van der Waals surface area contributed by atoms with Crippen molar-refractivity contribution in [3.05, 3.63) is 58.8 Å². The van der Waals surface area contributed by atoms with Crippen molar-refractivity contribution in [1.29, 1.82) is 0 Å². The minimum atomic E-state index is 1.03. The molecule has 0 spiro atoms. The minimum absolute atomic E-state index is 1.03. The molecule has 112 valence electrons. The van der Waals surface area contributed by atoms with Crippen LogP contribution in [0, 0.1) is 20.8 Å². The summed E-state index contributed by atoms with van der Waals surface area (Å²) >= 11 is 0. The smallest absolute Gasteiger partial charge is 0.226 e. The van der Waals surface area contributed by atoms with Gasteiger partial charge in [0, 0.05) is 0 Å². The van der Waals surface area contributed by atoms with Gasteiger partial charge in [-0.3, -0.25) is 0 Å². The third-order valence-corrected chi connectivity index (χ3v) is 4.60. The second-order valence-electron chi connectivity index (χ2n) is 6.10. The highest BCUT2D eigenvalue weighted by molar-refractivity contribution is 5.80. The number of fused-ring (bicyclic) bond motifs is 1. The molecule has 2 heteroatoms. The van der Waals surface area contributed by atoms with Crippen molar-refractivity contribution < 1.29 is 4.57 Å². The van der Waals surface area contributed by atoms with Gasteiger partial charge in [-0.25, -0.2) is 4.57 Å². The lowest BCUT2D eigenvalue weighted by Crippen LogP contribution is -2.33. The first-order chi connectivity index (χ1) is 10.5. The van der Waals surface area contributed by atoms with Gasteiger partial charge in [0.2, 0.25) is 0 Å². The average Bonchev–Trinajstić information content (AvgIpc) is 2.51. The van der Waals surface area contributed by atoms with E-state index < -0.39 is 0 Å². The molecule has 0 aliphatic rings. The van der Waals surface area contributed by atoms with E-state index >= 15 is 0 Å². The molecule has 1 aromatic heterocycles. The van der Waals surface area contributed by atoms with Crippen molar-refractivity contribution in [1.82, 2.24) is 4.98 Å². The van der Waals surface area contributed by atoms with Gasteiger partial charge in [-0.2, -0.15) is 0 Å². The quantitative estimate of drug-likeness (QED) is 0.646. The molecular formula is C20H23N2+. The Bertz CT molecular complexity index is 863. The van der Waals surface area contributed by atoms with Crippen LogP contribution in [-0.4, -0.2) is 4.98 Å². The summed E-state index contributed by atoms with van der Waals surface area (Å²) in [5.74, 6) is 1.03. The standard InChI is InChI=1S/C20H23N2/c1-6-16-8-7-9-19-18(16)12-21-20(22(19)5)17-11-13(2)10-14(3)15(17)4/h7-12H,6H2,1-5H3/q+1. The maximum Gasteiger partial charge on any atom is 0.330 e. The lowest BCUT2D eigenvalue weighted by Gasteiger charge is -2.10. The summed E-state index contributed by atoms with van der Waals surface area (Å²) in [6.45, 7) is 8.68. The molecule has 0 radical (unpaired) electrons. The Hall–Kier alpha value is -2.22. The number of nitrogens with zero attached hydrogens (tertiary/aromatic N) is 2. The highest BCUT2D eigenvalue weighted by Crippen LogP contribution is 2.25. The lowest BCUT2D eigenvalue weighted by atomic mass is 9.99. The average molecular weight is 291 g/mol. The number of aromatic nitrogens is 2. The molecule has 0 aliphatic carbocycles. The molecule has 3 aromatic rings. The highest BCUT2D eigenvalue weighted by atomic mass is 15.0. The van der Waals surface area contributed by atoms with Gasteiger partial charge < -0.3 is 0 Å². The Kier molecular flexibility index (Phi) is 3.69. The Morgan fingerprint density at radius 2 is 1.86 bits per heavy atom. The van der Waals surface area contributed by atoms with Crippen LogP contribution in [0.4, 0.5) is 0 Å². The summed E-state index contributed by atoms with van der Waals surface area (Å²) in [6, 6.07) is 11.0. The second kappa shape index (κ2) is 5.53. The zero-order valence-corrected chi connectivity index (χ0v) is 14.1. The fraction of sp³-hybridized carbons (Fsp3) is 0.300. The predicted molar refractivity (Wildman–Crippen MR) is 91.9 cm³/mol. The molecule has 0 fully saturated rings. The van der Waals surface area contributed by atoms with Crippen LogP contribution in [0.5, 0.6) is 0 Å². The third-order valence-electron chi connectivity index (χ3n) is 4.60. The molecule has 22 heavy (non-hydrogen) atoms. The van der Waals surface area contributed by atoms with Crippen LogP contribution in [0.3, 0.4) is 0 Å². The van der Waals surface area contributed by atoms with Crippen molar-refractivity contribution in [2.24, 2.45) is 7.05 Å². The van der Waals surface area contributed by atoms with Gasteiger partial charge in [0.05, 0.1) is 18.0 Å². The molecule has 0 N–H and O–H groups in total. The van der Waals surface area contributed by atoms with Crippen LogP contribution in [-0.2, 0) is 13.5 Å². The molecular weight excluding hydrogens is 268 g/mol. The summed E-state index contributed by atoms with van der Waals surface area (Å²) in [5, 5.41) is 1.25. The van der Waals surface area contributed by atoms with Crippen molar-refractivity contribution in [2.75, 3.05) is 0 Å². The van der Waals surface area contributed by atoms with Gasteiger partial charge in [0.15, 0.2) is 6.20 Å². The van der Waals surface area contributed by atoms with Gasteiger partial charge >= 0.3 is 5.82 Å². The fourth-order valence-electron chi connectivity index (χ4n) is 3.20. The van der Waals surface area contributed by atoms with Crippen molar-refractivity contribution in [2.45, 2.75) is 34.1 Å². The molecule has 0 saturated heterocycles. The first kappa shape index (κ1) is 14.7. The molecule has 2 aromatic carbocycles. The monoisotopic (exact) mass is 291 g/mol. The number of benzene rings is 2. The minimum Gasteiger partial charge on any atom is -0.226 e. The van der Waals surface area contributed by atoms with Crippen LogP contribution in [0.15, 0.2) is 36.5 Å². The van der Waals surface area contributed by atoms with Crippen molar-refractivity contribution >= 4 is 10.9 Å². The zero-order chi connectivity index (χ0) is 15.9. The molecule has 2 nitrogen and oxygen atoms in total. The zero-order valence-electron chi connectivity index (χ0n) is 14.1. The Morgan fingerprint density at radius 1 is 1.09 bits per heavy atom. The maximum atomic E-state index is 4.79. The van der Waals surface area contributed by atoms with E-state index in [1.54, 1.807) is 0 Å². The van der Waals surface area contributed by atoms with Crippen LogP contribution in [0.25, 0.3) is 22.3 Å². The molecule has 0 amide bonds. The highest BCUT2D eigenvalue weighted by Gasteiger charge is 2.19. The van der Waals surface area contributed by atoms with E-state index in [0.717, 1.165) is 12.2 Å². The van der Waals surface area contributed by atoms with Gasteiger partial charge in [0.25, 0.3) is 0 Å². The van der Waals surface area contributed by atoms with Gasteiger partial charge in [-0.1, -0.05) is 25.1 Å². The molecule has 1 heterocycles. The van der Waals surface area contributed by atoms with Crippen LogP contribution in [0.1, 0.15) is 29.2 Å². The number of hydrogen-bond donors (Lipinski definition) is 0. The van der Waals surface area contributed by atoms with Crippen molar-refractivity contribution in [3.63, 3.8) is 0 Å². The predicted octanol–water partition coefficient (Wildman–Crippen LogP) is 4.21. The van der Waals surface area contributed by atoms with E-state index in [4.69, 9.17) is 4.98 Å². The fourth-order valence-corrected chi connectivity index (χ4v) is 3.20. The van der Waals surface area contributed by atoms with Crippen LogP contribution < -0.4 is 4.57 Å². The third kappa shape index (κ3) is 2.29. The van der Waals surface area contributed by atoms with E-state index in [2.05, 4.69) is 69.6 Å². The number of aryl methyl sites for hydroxylation is 4. The van der Waals surface area contributed by atoms with Crippen molar-refractivity contribution in [3.8, 4) is 11.4 Å². The normalized spacial score (nSPS) is 11.1. The van der Waals surface area contributed by atoms with Crippen LogP contribution in [0.2, 0.25) is 0 Å². The van der Waals surface area contributed by atoms with Crippen LogP contribution >= 0.6 is 0 Å². The van der Waals surface area contributed by atoms with E-state index in [-0.39, 0.29) is 0 Å². The summed E-state index contributed by atoms with van der Waals surface area (Å²) < 4.78 is 2.22. The molecule has 0 saturated carbocycles. The Labute approximate surface area is 132 Å². The molecule has 0 bridgehead atoms. The maximum absolute atomic E-state index is 4.79. The van der Waals surface area contributed by atoms with E-state index in [1.165, 1.54) is 38.7 Å². The first-order valence-electron chi connectivity index (χ1n) is 7.87. The lowest BCUT2D eigenvalue weighted by molar-refractivity contribution is -0.636. The molecule has 0 atom stereocenters. The van der Waals surface area contributed by atoms with Gasteiger partial charge in [-0.15, -0.1) is 0 Å². The molecule has 3 rings (SSSR count). The topological polar surface area (TPSA) is 16.8 Å². The second-order valence-corrected chi connectivity index (χ2v) is 6.10. The van der Waals surface area contributed by atoms with Gasteiger partial charge in [-0.05, 0) is 66.6 Å². The Balaban J connectivity index is 2.32. The summed E-state index contributed by atoms with van der Waals surface area (Å²) in [6.07, 6.45) is 3.06. The van der Waals surface area contributed by atoms with E-state index in [1.807, 2.05) is 6.20 Å². The molecule has 0 aliphatic heterocycles.